The summed E-state index contributed by atoms with van der Waals surface area (Å²) >= 11 is 0. The SMILES string of the molecule is CN(C)c1ccc(O)cc1.O=C1OCc2ccccc21. The van der Waals surface area contributed by atoms with Crippen LogP contribution in [0.25, 0.3) is 0 Å². The summed E-state index contributed by atoms with van der Waals surface area (Å²) in [6.07, 6.45) is 0. The minimum absolute atomic E-state index is 0.199. The van der Waals surface area contributed by atoms with Crippen LogP contribution in [0.15, 0.2) is 48.5 Å². The third kappa shape index (κ3) is 3.29. The fraction of sp³-hybridized carbons (Fsp3) is 0.188. The van der Waals surface area contributed by atoms with E-state index in [0.717, 1.165) is 11.3 Å². The third-order valence-electron chi connectivity index (χ3n) is 2.96. The number of phenolic OH excluding ortho intramolecular Hbond substituents is 1. The molecule has 1 N–H and O–H groups in total. The summed E-state index contributed by atoms with van der Waals surface area (Å²) < 4.78 is 4.78. The van der Waals surface area contributed by atoms with Gasteiger partial charge in [0.25, 0.3) is 0 Å². The Labute approximate surface area is 118 Å². The van der Waals surface area contributed by atoms with Crippen molar-refractivity contribution in [2.45, 2.75) is 6.61 Å². The maximum Gasteiger partial charge on any atom is 0.338 e. The maximum atomic E-state index is 10.8. The number of esters is 1. The second kappa shape index (κ2) is 6.10. The molecule has 0 atom stereocenters. The number of hydrogen-bond acceptors (Lipinski definition) is 4. The smallest absolute Gasteiger partial charge is 0.338 e. The minimum Gasteiger partial charge on any atom is -0.508 e. The lowest BCUT2D eigenvalue weighted by molar-refractivity contribution is 0.0535. The van der Waals surface area contributed by atoms with Gasteiger partial charge in [-0.15, -0.1) is 0 Å². The lowest BCUT2D eigenvalue weighted by Gasteiger charge is -2.11. The van der Waals surface area contributed by atoms with E-state index in [-0.39, 0.29) is 5.97 Å². The number of carbonyl (C=O) groups excluding carboxylic acids is 1. The molecule has 104 valence electrons. The van der Waals surface area contributed by atoms with Gasteiger partial charge in [0, 0.05) is 25.3 Å². The van der Waals surface area contributed by atoms with E-state index < -0.39 is 0 Å². The van der Waals surface area contributed by atoms with Crippen molar-refractivity contribution in [3.05, 3.63) is 59.7 Å². The number of carbonyl (C=O) groups is 1. The van der Waals surface area contributed by atoms with Crippen LogP contribution in [0, 0.1) is 0 Å². The number of hydrogen-bond donors (Lipinski definition) is 1. The molecule has 1 aliphatic heterocycles. The van der Waals surface area contributed by atoms with Gasteiger partial charge in [0.15, 0.2) is 0 Å². The van der Waals surface area contributed by atoms with E-state index in [1.54, 1.807) is 18.2 Å². The van der Waals surface area contributed by atoms with E-state index in [4.69, 9.17) is 9.84 Å². The fourth-order valence-electron chi connectivity index (χ4n) is 1.82. The summed E-state index contributed by atoms with van der Waals surface area (Å²) in [5, 5.41) is 8.92. The molecule has 4 heteroatoms. The topological polar surface area (TPSA) is 49.8 Å². The first-order valence-electron chi connectivity index (χ1n) is 6.29. The standard InChI is InChI=1S/C8H11NO.C8H6O2/c1-9(2)7-3-5-8(10)6-4-7;9-8-7-4-2-1-3-6(7)5-10-8/h3-6,10H,1-2H3;1-4H,5H2. The summed E-state index contributed by atoms with van der Waals surface area (Å²) in [5.74, 6) is 0.112. The summed E-state index contributed by atoms with van der Waals surface area (Å²) in [6.45, 7) is 0.439. The van der Waals surface area contributed by atoms with E-state index in [1.807, 2.05) is 49.3 Å². The Bertz CT molecular complexity index is 591. The molecular weight excluding hydrogens is 254 g/mol. The van der Waals surface area contributed by atoms with E-state index in [1.165, 1.54) is 0 Å². The molecule has 20 heavy (non-hydrogen) atoms. The van der Waals surface area contributed by atoms with Crippen molar-refractivity contribution < 1.29 is 14.6 Å². The number of ether oxygens (including phenoxy) is 1. The highest BCUT2D eigenvalue weighted by atomic mass is 16.5. The Morgan fingerprint density at radius 3 is 2.30 bits per heavy atom. The molecule has 0 radical (unpaired) electrons. The lowest BCUT2D eigenvalue weighted by Crippen LogP contribution is -2.07. The molecule has 0 spiro atoms. The van der Waals surface area contributed by atoms with Crippen LogP contribution in [-0.2, 0) is 11.3 Å². The molecule has 1 heterocycles. The van der Waals surface area contributed by atoms with Crippen LogP contribution >= 0.6 is 0 Å². The molecule has 2 aromatic carbocycles. The zero-order valence-corrected chi connectivity index (χ0v) is 11.5. The number of benzene rings is 2. The number of anilines is 1. The Hall–Kier alpha value is -2.49. The van der Waals surface area contributed by atoms with Gasteiger partial charge in [0.1, 0.15) is 12.4 Å². The average molecular weight is 271 g/mol. The van der Waals surface area contributed by atoms with Crippen molar-refractivity contribution in [1.82, 2.24) is 0 Å². The quantitative estimate of drug-likeness (QED) is 0.810. The number of nitrogens with zero attached hydrogens (tertiary/aromatic N) is 1. The first-order valence-corrected chi connectivity index (χ1v) is 6.29. The van der Waals surface area contributed by atoms with Gasteiger partial charge in [-0.2, -0.15) is 0 Å². The van der Waals surface area contributed by atoms with Gasteiger partial charge in [-0.05, 0) is 30.3 Å². The average Bonchev–Trinajstić information content (AvgIpc) is 2.82. The first kappa shape index (κ1) is 13.9. The van der Waals surface area contributed by atoms with Gasteiger partial charge >= 0.3 is 5.97 Å². The molecule has 0 saturated carbocycles. The van der Waals surface area contributed by atoms with Gasteiger partial charge in [-0.3, -0.25) is 0 Å². The molecule has 3 rings (SSSR count). The highest BCUT2D eigenvalue weighted by molar-refractivity contribution is 5.93. The molecule has 0 unspecified atom stereocenters. The van der Waals surface area contributed by atoms with E-state index in [9.17, 15) is 4.79 Å². The normalized spacial score (nSPS) is 12.0. The molecule has 0 fully saturated rings. The highest BCUT2D eigenvalue weighted by Crippen LogP contribution is 2.18. The van der Waals surface area contributed by atoms with Gasteiger partial charge in [-0.25, -0.2) is 4.79 Å². The van der Waals surface area contributed by atoms with Crippen molar-refractivity contribution in [3.63, 3.8) is 0 Å². The van der Waals surface area contributed by atoms with E-state index in [2.05, 4.69) is 0 Å². The Morgan fingerprint density at radius 1 is 1.05 bits per heavy atom. The number of cyclic esters (lactones) is 1. The van der Waals surface area contributed by atoms with Gasteiger partial charge < -0.3 is 14.7 Å². The summed E-state index contributed by atoms with van der Waals surface area (Å²) in [6, 6.07) is 14.5. The molecule has 2 aromatic rings. The van der Waals surface area contributed by atoms with Crippen molar-refractivity contribution in [3.8, 4) is 5.75 Å². The molecule has 0 aliphatic carbocycles. The fourth-order valence-corrected chi connectivity index (χ4v) is 1.82. The van der Waals surface area contributed by atoms with Gasteiger partial charge in [0.2, 0.25) is 0 Å². The van der Waals surface area contributed by atoms with Crippen LogP contribution in [0.2, 0.25) is 0 Å². The number of aromatic hydroxyl groups is 1. The Kier molecular flexibility index (Phi) is 4.25. The van der Waals surface area contributed by atoms with Crippen LogP contribution in [0.5, 0.6) is 5.75 Å². The van der Waals surface area contributed by atoms with Gasteiger partial charge in [0.05, 0.1) is 5.56 Å². The van der Waals surface area contributed by atoms with Crippen LogP contribution in [0.1, 0.15) is 15.9 Å². The lowest BCUT2D eigenvalue weighted by atomic mass is 10.1. The minimum atomic E-state index is -0.199. The number of rotatable bonds is 1. The van der Waals surface area contributed by atoms with E-state index in [0.29, 0.717) is 17.9 Å². The second-order valence-corrected chi connectivity index (χ2v) is 4.64. The predicted molar refractivity (Wildman–Crippen MR) is 78.0 cm³/mol. The molecule has 0 amide bonds. The predicted octanol–water partition coefficient (Wildman–Crippen LogP) is 2.82. The van der Waals surface area contributed by atoms with E-state index >= 15 is 0 Å². The Balaban J connectivity index is 0.000000147. The van der Waals surface area contributed by atoms with Crippen LogP contribution in [0.3, 0.4) is 0 Å². The highest BCUT2D eigenvalue weighted by Gasteiger charge is 2.18. The third-order valence-corrected chi connectivity index (χ3v) is 2.96. The zero-order valence-electron chi connectivity index (χ0n) is 11.5. The summed E-state index contributed by atoms with van der Waals surface area (Å²) in [5.41, 5.74) is 2.80. The number of phenols is 1. The molecule has 0 saturated heterocycles. The molecule has 1 aliphatic rings. The first-order chi connectivity index (χ1) is 9.58. The molecule has 0 bridgehead atoms. The monoisotopic (exact) mass is 271 g/mol. The van der Waals surface area contributed by atoms with Crippen molar-refractivity contribution >= 4 is 11.7 Å². The van der Waals surface area contributed by atoms with Crippen molar-refractivity contribution in [2.75, 3.05) is 19.0 Å². The molecule has 0 aromatic heterocycles. The van der Waals surface area contributed by atoms with Crippen molar-refractivity contribution in [2.24, 2.45) is 0 Å². The zero-order chi connectivity index (χ0) is 14.5. The second-order valence-electron chi connectivity index (χ2n) is 4.64. The summed E-state index contributed by atoms with van der Waals surface area (Å²) in [4.78, 5) is 12.8. The van der Waals surface area contributed by atoms with Crippen LogP contribution in [0.4, 0.5) is 5.69 Å². The summed E-state index contributed by atoms with van der Waals surface area (Å²) in [7, 11) is 3.93. The molecular formula is C16H17NO3. The largest absolute Gasteiger partial charge is 0.508 e. The number of fused-ring (bicyclic) bond motifs is 1. The van der Waals surface area contributed by atoms with Crippen LogP contribution < -0.4 is 4.90 Å². The Morgan fingerprint density at radius 2 is 1.70 bits per heavy atom. The maximum absolute atomic E-state index is 10.8. The van der Waals surface area contributed by atoms with Crippen LogP contribution in [-0.4, -0.2) is 25.2 Å². The molecule has 4 nitrogen and oxygen atoms in total. The van der Waals surface area contributed by atoms with Crippen molar-refractivity contribution in [1.29, 1.82) is 0 Å². The van der Waals surface area contributed by atoms with Gasteiger partial charge in [-0.1, -0.05) is 18.2 Å².